The van der Waals surface area contributed by atoms with Gasteiger partial charge in [0.25, 0.3) is 0 Å². The summed E-state index contributed by atoms with van der Waals surface area (Å²) in [6, 6.07) is 0. The number of carbonyl (C=O) groups excluding carboxylic acids is 1. The number of rotatable bonds is 9. The predicted molar refractivity (Wildman–Crippen MR) is 85.8 cm³/mol. The smallest absolute Gasteiger partial charge is 0.338 e. The van der Waals surface area contributed by atoms with Crippen molar-refractivity contribution in [1.29, 1.82) is 0 Å². The highest BCUT2D eigenvalue weighted by molar-refractivity contribution is 5.92. The molecule has 0 radical (unpaired) electrons. The molecule has 0 bridgehead atoms. The topological polar surface area (TPSA) is 26.3 Å². The van der Waals surface area contributed by atoms with Gasteiger partial charge in [-0.15, -0.1) is 0 Å². The summed E-state index contributed by atoms with van der Waals surface area (Å²) in [7, 11) is 0. The lowest BCUT2D eigenvalue weighted by Gasteiger charge is -2.37. The van der Waals surface area contributed by atoms with Crippen LogP contribution in [0, 0.1) is 11.8 Å². The fourth-order valence-electron chi connectivity index (χ4n) is 3.47. The van der Waals surface area contributed by atoms with Crippen LogP contribution in [0.5, 0.6) is 0 Å². The highest BCUT2D eigenvalue weighted by Crippen LogP contribution is 2.44. The minimum absolute atomic E-state index is 0.140. The van der Waals surface area contributed by atoms with E-state index in [1.165, 1.54) is 32.4 Å². The van der Waals surface area contributed by atoms with Crippen molar-refractivity contribution in [3.05, 3.63) is 23.8 Å². The molecule has 3 nitrogen and oxygen atoms in total. The van der Waals surface area contributed by atoms with Gasteiger partial charge in [-0.25, -0.2) is 4.79 Å². The maximum absolute atomic E-state index is 12.1. The van der Waals surface area contributed by atoms with Crippen LogP contribution < -0.4 is 0 Å². The van der Waals surface area contributed by atoms with Gasteiger partial charge in [-0.2, -0.15) is 0 Å². The molecule has 0 aliphatic heterocycles. The number of nitrogens with zero attached hydrogens (tertiary/aromatic N) is 1. The Bertz CT molecular complexity index is 419. The Labute approximate surface area is 129 Å². The number of fused-ring (bicyclic) bond motifs is 1. The van der Waals surface area contributed by atoms with E-state index in [0.29, 0.717) is 18.4 Å². The summed E-state index contributed by atoms with van der Waals surface area (Å²) in [6.07, 6.45) is 9.75. The molecular weight excluding hydrogens is 262 g/mol. The highest BCUT2D eigenvalue weighted by atomic mass is 16.5. The van der Waals surface area contributed by atoms with Crippen LogP contribution in [-0.4, -0.2) is 43.2 Å². The summed E-state index contributed by atoms with van der Waals surface area (Å²) in [4.78, 5) is 12.1. The van der Waals surface area contributed by atoms with Crippen LogP contribution >= 0.6 is 0 Å². The average Bonchev–Trinajstić information content (AvgIpc) is 3.25. The van der Waals surface area contributed by atoms with E-state index in [2.05, 4.69) is 32.9 Å². The molecule has 0 aromatic carbocycles. The molecule has 21 heavy (non-hydrogen) atoms. The molecule has 1 saturated carbocycles. The van der Waals surface area contributed by atoms with Crippen molar-refractivity contribution in [2.24, 2.45) is 11.8 Å². The van der Waals surface area contributed by atoms with Gasteiger partial charge in [0, 0.05) is 0 Å². The highest BCUT2D eigenvalue weighted by Gasteiger charge is 2.36. The largest absolute Gasteiger partial charge is 0.456 e. The molecule has 0 aromatic rings. The first-order valence-electron chi connectivity index (χ1n) is 8.56. The summed E-state index contributed by atoms with van der Waals surface area (Å²) >= 11 is 0. The third-order valence-corrected chi connectivity index (χ3v) is 4.91. The Hall–Kier alpha value is -1.09. The first-order chi connectivity index (χ1) is 10.1. The molecule has 2 aliphatic rings. The lowest BCUT2D eigenvalue weighted by molar-refractivity contribution is -0.926. The third-order valence-electron chi connectivity index (χ3n) is 4.91. The van der Waals surface area contributed by atoms with E-state index >= 15 is 0 Å². The summed E-state index contributed by atoms with van der Waals surface area (Å²) in [5.41, 5.74) is 0.759. The van der Waals surface area contributed by atoms with Crippen LogP contribution in [0.4, 0.5) is 0 Å². The molecule has 0 amide bonds. The SMILES string of the molecule is CCC[N+](CC)(CCC)CCOC(=O)C1=CC2C[C@@H]2C=C1. The Morgan fingerprint density at radius 1 is 1.19 bits per heavy atom. The zero-order chi connectivity index (χ0) is 15.3. The molecule has 2 atom stereocenters. The average molecular weight is 292 g/mol. The van der Waals surface area contributed by atoms with E-state index in [-0.39, 0.29) is 5.97 Å². The van der Waals surface area contributed by atoms with Crippen molar-refractivity contribution >= 4 is 5.97 Å². The molecule has 0 N–H and O–H groups in total. The second-order valence-corrected chi connectivity index (χ2v) is 6.51. The van der Waals surface area contributed by atoms with Gasteiger partial charge in [-0.05, 0) is 38.0 Å². The Balaban J connectivity index is 1.81. The molecule has 0 aromatic heterocycles. The standard InChI is InChI=1S/C18H30NO2/c1-4-9-19(6-3,10-5-2)11-12-21-18(20)16-8-7-15-13-17(15)14-16/h7-8,14-15,17H,4-6,9-13H2,1-3H3/q+1/t15-,17?/m0/s1. The normalized spacial score (nSPS) is 23.5. The van der Waals surface area contributed by atoms with Gasteiger partial charge >= 0.3 is 5.97 Å². The quantitative estimate of drug-likeness (QED) is 0.481. The molecular formula is C18H30NO2+. The molecule has 118 valence electrons. The summed E-state index contributed by atoms with van der Waals surface area (Å²) in [6.45, 7) is 11.6. The van der Waals surface area contributed by atoms with Crippen LogP contribution in [0.1, 0.15) is 40.0 Å². The van der Waals surface area contributed by atoms with Crippen molar-refractivity contribution in [1.82, 2.24) is 0 Å². The van der Waals surface area contributed by atoms with Gasteiger partial charge in [0.05, 0.1) is 25.2 Å². The number of likely N-dealkylation sites (N-methyl/N-ethyl adjacent to an activating group) is 1. The number of hydrogen-bond donors (Lipinski definition) is 0. The number of carbonyl (C=O) groups is 1. The summed E-state index contributed by atoms with van der Waals surface area (Å²) < 4.78 is 6.59. The number of quaternary nitrogens is 1. The molecule has 3 heteroatoms. The monoisotopic (exact) mass is 292 g/mol. The van der Waals surface area contributed by atoms with E-state index in [9.17, 15) is 4.79 Å². The second-order valence-electron chi connectivity index (χ2n) is 6.51. The van der Waals surface area contributed by atoms with Crippen LogP contribution in [0.15, 0.2) is 23.8 Å². The van der Waals surface area contributed by atoms with E-state index in [1.807, 2.05) is 6.08 Å². The fraction of sp³-hybridized carbons (Fsp3) is 0.722. The first-order valence-corrected chi connectivity index (χ1v) is 8.56. The Morgan fingerprint density at radius 3 is 2.48 bits per heavy atom. The first kappa shape index (κ1) is 16.3. The van der Waals surface area contributed by atoms with Crippen LogP contribution in [0.2, 0.25) is 0 Å². The third kappa shape index (κ3) is 4.19. The van der Waals surface area contributed by atoms with Crippen molar-refractivity contribution in [2.45, 2.75) is 40.0 Å². The minimum Gasteiger partial charge on any atom is -0.456 e. The van der Waals surface area contributed by atoms with Gasteiger partial charge in [-0.3, -0.25) is 0 Å². The lowest BCUT2D eigenvalue weighted by Crippen LogP contribution is -2.51. The second kappa shape index (κ2) is 7.26. The van der Waals surface area contributed by atoms with E-state index < -0.39 is 0 Å². The maximum Gasteiger partial charge on any atom is 0.338 e. The van der Waals surface area contributed by atoms with E-state index in [0.717, 1.165) is 23.1 Å². The molecule has 0 heterocycles. The molecule has 0 saturated heterocycles. The molecule has 1 fully saturated rings. The molecule has 0 spiro atoms. The van der Waals surface area contributed by atoms with Crippen molar-refractivity contribution < 1.29 is 14.0 Å². The Kier molecular flexibility index (Phi) is 5.63. The predicted octanol–water partition coefficient (Wildman–Crippen LogP) is 3.32. The minimum atomic E-state index is -0.140. The number of allylic oxidation sites excluding steroid dienone is 2. The zero-order valence-electron chi connectivity index (χ0n) is 13.8. The van der Waals surface area contributed by atoms with E-state index in [1.54, 1.807) is 0 Å². The van der Waals surface area contributed by atoms with Crippen molar-refractivity contribution in [2.75, 3.05) is 32.8 Å². The Morgan fingerprint density at radius 2 is 1.90 bits per heavy atom. The maximum atomic E-state index is 12.1. The molecule has 2 rings (SSSR count). The summed E-state index contributed by atoms with van der Waals surface area (Å²) in [5, 5.41) is 0. The molecule has 2 aliphatic carbocycles. The van der Waals surface area contributed by atoms with Gasteiger partial charge in [-0.1, -0.05) is 32.1 Å². The zero-order valence-corrected chi connectivity index (χ0v) is 13.8. The lowest BCUT2D eigenvalue weighted by atomic mass is 10.1. The van der Waals surface area contributed by atoms with Gasteiger partial charge in [0.1, 0.15) is 13.2 Å². The van der Waals surface area contributed by atoms with Crippen molar-refractivity contribution in [3.8, 4) is 0 Å². The number of ether oxygens (including phenoxy) is 1. The molecule has 1 unspecified atom stereocenters. The van der Waals surface area contributed by atoms with Gasteiger partial charge in [0.15, 0.2) is 0 Å². The van der Waals surface area contributed by atoms with Crippen LogP contribution in [-0.2, 0) is 9.53 Å². The number of esters is 1. The van der Waals surface area contributed by atoms with Gasteiger partial charge < -0.3 is 9.22 Å². The number of hydrogen-bond acceptors (Lipinski definition) is 2. The van der Waals surface area contributed by atoms with E-state index in [4.69, 9.17) is 4.74 Å². The van der Waals surface area contributed by atoms with Crippen LogP contribution in [0.3, 0.4) is 0 Å². The van der Waals surface area contributed by atoms with Crippen LogP contribution in [0.25, 0.3) is 0 Å². The fourth-order valence-corrected chi connectivity index (χ4v) is 3.47. The van der Waals surface area contributed by atoms with Crippen molar-refractivity contribution in [3.63, 3.8) is 0 Å². The van der Waals surface area contributed by atoms with Gasteiger partial charge in [0.2, 0.25) is 0 Å². The summed E-state index contributed by atoms with van der Waals surface area (Å²) in [5.74, 6) is 1.15.